The fourth-order valence-electron chi connectivity index (χ4n) is 1.74. The van der Waals surface area contributed by atoms with Gasteiger partial charge < -0.3 is 0 Å². The largest absolute Gasteiger partial charge is 0.435 e. The predicted molar refractivity (Wildman–Crippen MR) is 72.7 cm³/mol. The van der Waals surface area contributed by atoms with E-state index in [4.69, 9.17) is 23.2 Å². The smallest absolute Gasteiger partial charge is 0.292 e. The summed E-state index contributed by atoms with van der Waals surface area (Å²) in [6, 6.07) is 4.20. The number of aromatic nitrogens is 2. The van der Waals surface area contributed by atoms with Gasteiger partial charge in [0.15, 0.2) is 11.5 Å². The molecule has 0 N–H and O–H groups in total. The van der Waals surface area contributed by atoms with E-state index in [1.807, 2.05) is 0 Å². The first-order chi connectivity index (χ1) is 9.70. The highest BCUT2D eigenvalue weighted by Gasteiger charge is 2.34. The number of nitrogens with zero attached hydrogens (tertiary/aromatic N) is 2. The molecule has 0 saturated carbocycles. The number of hydrogen-bond donors (Lipinski definition) is 0. The van der Waals surface area contributed by atoms with Gasteiger partial charge in [0.1, 0.15) is 6.04 Å². The van der Waals surface area contributed by atoms with E-state index in [2.05, 4.69) is 5.10 Å². The number of alkyl halides is 3. The Hall–Kier alpha value is -1.53. The summed E-state index contributed by atoms with van der Waals surface area (Å²) < 4.78 is 38.5. The third kappa shape index (κ3) is 3.39. The van der Waals surface area contributed by atoms with Gasteiger partial charge >= 0.3 is 6.18 Å². The van der Waals surface area contributed by atoms with Crippen LogP contribution in [0.15, 0.2) is 30.5 Å². The Kier molecular flexibility index (Phi) is 4.30. The fraction of sp³-hybridized carbons (Fsp3) is 0.231. The molecule has 0 radical (unpaired) electrons. The van der Waals surface area contributed by atoms with Gasteiger partial charge in [0.25, 0.3) is 0 Å². The molecule has 0 aliphatic heterocycles. The van der Waals surface area contributed by atoms with Gasteiger partial charge in [-0.15, -0.1) is 0 Å². The second kappa shape index (κ2) is 5.69. The van der Waals surface area contributed by atoms with Crippen molar-refractivity contribution in [2.45, 2.75) is 19.1 Å². The Bertz CT molecular complexity index is 682. The second-order valence-electron chi connectivity index (χ2n) is 4.34. The van der Waals surface area contributed by atoms with E-state index in [9.17, 15) is 18.0 Å². The molecule has 21 heavy (non-hydrogen) atoms. The van der Waals surface area contributed by atoms with Crippen LogP contribution < -0.4 is 0 Å². The second-order valence-corrected chi connectivity index (χ2v) is 5.19. The van der Waals surface area contributed by atoms with Gasteiger partial charge in [-0.3, -0.25) is 9.48 Å². The van der Waals surface area contributed by atoms with Crippen LogP contribution in [-0.4, -0.2) is 15.6 Å². The molecule has 1 atom stereocenters. The van der Waals surface area contributed by atoms with Gasteiger partial charge in [-0.2, -0.15) is 18.3 Å². The van der Waals surface area contributed by atoms with Crippen LogP contribution in [0.1, 0.15) is 29.0 Å². The Labute approximate surface area is 128 Å². The summed E-state index contributed by atoms with van der Waals surface area (Å²) in [7, 11) is 0. The summed E-state index contributed by atoms with van der Waals surface area (Å²) in [6.45, 7) is 1.44. The summed E-state index contributed by atoms with van der Waals surface area (Å²) in [4.78, 5) is 12.3. The fourth-order valence-corrected chi connectivity index (χ4v) is 2.24. The number of benzene rings is 1. The molecule has 0 aliphatic carbocycles. The average Bonchev–Trinajstić information content (AvgIpc) is 2.86. The lowest BCUT2D eigenvalue weighted by atomic mass is 10.1. The molecule has 1 unspecified atom stereocenters. The van der Waals surface area contributed by atoms with Crippen molar-refractivity contribution in [3.8, 4) is 0 Å². The third-order valence-electron chi connectivity index (χ3n) is 2.87. The van der Waals surface area contributed by atoms with Crippen molar-refractivity contribution in [1.29, 1.82) is 0 Å². The lowest BCUT2D eigenvalue weighted by Crippen LogP contribution is -2.18. The number of hydrogen-bond acceptors (Lipinski definition) is 2. The monoisotopic (exact) mass is 336 g/mol. The van der Waals surface area contributed by atoms with Crippen LogP contribution in [0, 0.1) is 0 Å². The summed E-state index contributed by atoms with van der Waals surface area (Å²) in [6.07, 6.45) is -3.44. The number of carbonyl (C=O) groups excluding carboxylic acids is 1. The van der Waals surface area contributed by atoms with E-state index in [-0.39, 0.29) is 10.6 Å². The van der Waals surface area contributed by atoms with Crippen LogP contribution in [0.4, 0.5) is 13.2 Å². The van der Waals surface area contributed by atoms with E-state index in [1.54, 1.807) is 0 Å². The Morgan fingerprint density at radius 2 is 1.95 bits per heavy atom. The van der Waals surface area contributed by atoms with Crippen molar-refractivity contribution in [3.63, 3.8) is 0 Å². The minimum Gasteiger partial charge on any atom is -0.292 e. The van der Waals surface area contributed by atoms with E-state index < -0.39 is 23.7 Å². The zero-order valence-corrected chi connectivity index (χ0v) is 12.2. The molecule has 0 amide bonds. The van der Waals surface area contributed by atoms with Crippen molar-refractivity contribution < 1.29 is 18.0 Å². The first-order valence-corrected chi connectivity index (χ1v) is 6.57. The highest BCUT2D eigenvalue weighted by atomic mass is 35.5. The molecule has 0 fully saturated rings. The van der Waals surface area contributed by atoms with Gasteiger partial charge in [-0.25, -0.2) is 0 Å². The highest BCUT2D eigenvalue weighted by Crippen LogP contribution is 2.29. The highest BCUT2D eigenvalue weighted by molar-refractivity contribution is 6.36. The molecule has 2 aromatic rings. The minimum atomic E-state index is -4.55. The van der Waals surface area contributed by atoms with Crippen LogP contribution in [0.3, 0.4) is 0 Å². The average molecular weight is 337 g/mol. The molecule has 112 valence electrons. The maximum Gasteiger partial charge on any atom is 0.435 e. The summed E-state index contributed by atoms with van der Waals surface area (Å²) in [5, 5.41) is 3.88. The van der Waals surface area contributed by atoms with Gasteiger partial charge in [0.2, 0.25) is 0 Å². The van der Waals surface area contributed by atoms with Gasteiger partial charge in [-0.1, -0.05) is 23.2 Å². The minimum absolute atomic E-state index is 0.141. The number of carbonyl (C=O) groups is 1. The summed E-state index contributed by atoms with van der Waals surface area (Å²) in [5.74, 6) is -0.450. The summed E-state index contributed by atoms with van der Waals surface area (Å²) in [5.41, 5.74) is -0.873. The molecular formula is C13H9Cl2F3N2O. The first-order valence-electron chi connectivity index (χ1n) is 5.82. The molecule has 2 rings (SSSR count). The normalized spacial score (nSPS) is 13.2. The van der Waals surface area contributed by atoms with Crippen molar-refractivity contribution in [2.24, 2.45) is 0 Å². The van der Waals surface area contributed by atoms with Crippen LogP contribution in [0.2, 0.25) is 10.0 Å². The SMILES string of the molecule is CC(C(=O)c1ccc(Cl)cc1Cl)n1ccc(C(F)(F)F)n1. The number of rotatable bonds is 3. The maximum atomic E-state index is 12.5. The zero-order chi connectivity index (χ0) is 15.8. The van der Waals surface area contributed by atoms with Crippen molar-refractivity contribution in [2.75, 3.05) is 0 Å². The molecule has 8 heteroatoms. The van der Waals surface area contributed by atoms with Crippen LogP contribution in [-0.2, 0) is 6.18 Å². The van der Waals surface area contributed by atoms with Gasteiger partial charge in [-0.05, 0) is 31.2 Å². The molecule has 0 saturated heterocycles. The van der Waals surface area contributed by atoms with Crippen molar-refractivity contribution in [3.05, 3.63) is 51.8 Å². The molecule has 0 aliphatic rings. The number of ketones is 1. The zero-order valence-electron chi connectivity index (χ0n) is 10.7. The molecule has 1 aromatic heterocycles. The van der Waals surface area contributed by atoms with Crippen LogP contribution >= 0.6 is 23.2 Å². The van der Waals surface area contributed by atoms with Crippen molar-refractivity contribution in [1.82, 2.24) is 9.78 Å². The van der Waals surface area contributed by atoms with Gasteiger partial charge in [0.05, 0.1) is 5.02 Å². The summed E-state index contributed by atoms with van der Waals surface area (Å²) >= 11 is 11.7. The van der Waals surface area contributed by atoms with Crippen LogP contribution in [0.5, 0.6) is 0 Å². The first kappa shape index (κ1) is 15.9. The lowest BCUT2D eigenvalue weighted by Gasteiger charge is -2.12. The number of halogens is 5. The lowest BCUT2D eigenvalue weighted by molar-refractivity contribution is -0.141. The molecule has 0 spiro atoms. The van der Waals surface area contributed by atoms with E-state index >= 15 is 0 Å². The molecule has 1 heterocycles. The van der Waals surface area contributed by atoms with Crippen LogP contribution in [0.25, 0.3) is 0 Å². The van der Waals surface area contributed by atoms with E-state index in [1.165, 1.54) is 25.1 Å². The molecule has 1 aromatic carbocycles. The standard InChI is InChI=1S/C13H9Cl2F3N2O/c1-7(20-5-4-11(19-20)13(16,17)18)12(21)9-3-2-8(14)6-10(9)15/h2-7H,1H3. The quantitative estimate of drug-likeness (QED) is 0.764. The van der Waals surface area contributed by atoms with Gasteiger partial charge in [0, 0.05) is 16.8 Å². The van der Waals surface area contributed by atoms with E-state index in [0.717, 1.165) is 16.9 Å². The van der Waals surface area contributed by atoms with E-state index in [0.29, 0.717) is 5.02 Å². The Balaban J connectivity index is 2.29. The Morgan fingerprint density at radius 3 is 2.48 bits per heavy atom. The maximum absolute atomic E-state index is 12.5. The third-order valence-corrected chi connectivity index (χ3v) is 3.42. The number of Topliss-reactive ketones (excluding diaryl/α,β-unsaturated/α-hetero) is 1. The molecular weight excluding hydrogens is 328 g/mol. The molecule has 0 bridgehead atoms. The predicted octanol–water partition coefficient (Wildman–Crippen LogP) is 4.65. The Morgan fingerprint density at radius 1 is 1.29 bits per heavy atom. The molecule has 3 nitrogen and oxygen atoms in total. The topological polar surface area (TPSA) is 34.9 Å². The van der Waals surface area contributed by atoms with Crippen molar-refractivity contribution >= 4 is 29.0 Å².